The van der Waals surface area contributed by atoms with Gasteiger partial charge in [0.25, 0.3) is 0 Å². The third kappa shape index (κ3) is 6.98. The molecule has 142 valence electrons. The lowest BCUT2D eigenvalue weighted by atomic mass is 9.92. The zero-order valence-corrected chi connectivity index (χ0v) is 16.3. The topological polar surface area (TPSA) is 63.2 Å². The summed E-state index contributed by atoms with van der Waals surface area (Å²) in [6.45, 7) is 12.2. The van der Waals surface area contributed by atoms with Crippen LogP contribution in [0.2, 0.25) is 0 Å². The largest absolute Gasteiger partial charge is 0.444 e. The number of hydrogen-bond acceptors (Lipinski definition) is 4. The molecule has 1 unspecified atom stereocenters. The third-order valence-electron chi connectivity index (χ3n) is 4.32. The summed E-state index contributed by atoms with van der Waals surface area (Å²) in [5, 5.41) is 6.48. The Balaban J connectivity index is 2.78. The van der Waals surface area contributed by atoms with E-state index in [-0.39, 0.29) is 11.9 Å². The van der Waals surface area contributed by atoms with Crippen molar-refractivity contribution in [2.45, 2.75) is 78.0 Å². The summed E-state index contributed by atoms with van der Waals surface area (Å²) in [6, 6.07) is 3.11. The summed E-state index contributed by atoms with van der Waals surface area (Å²) < 4.78 is 18.5. The first kappa shape index (κ1) is 21.4. The fourth-order valence-electron chi connectivity index (χ4n) is 2.61. The monoisotopic (exact) mass is 353 g/mol. The summed E-state index contributed by atoms with van der Waals surface area (Å²) in [4.78, 5) is 16.4. The van der Waals surface area contributed by atoms with Crippen LogP contribution in [-0.4, -0.2) is 28.8 Å². The number of alkyl carbamates (subject to hydrolysis) is 1. The minimum Gasteiger partial charge on any atom is -0.444 e. The van der Waals surface area contributed by atoms with E-state index in [9.17, 15) is 9.18 Å². The molecule has 6 heteroatoms. The number of rotatable bonds is 8. The number of carbonyl (C=O) groups excluding carboxylic acids is 1. The first-order valence-electron chi connectivity index (χ1n) is 9.00. The van der Waals surface area contributed by atoms with Crippen LogP contribution in [-0.2, 0) is 4.74 Å². The fraction of sp³-hybridized carbons (Fsp3) is 0.684. The SMILES string of the molecule is CCC(NCC(CC)(CC)NC(=O)OC(C)(C)C)c1ccc(F)cn1. The summed E-state index contributed by atoms with van der Waals surface area (Å²) in [6.07, 6.45) is 3.16. The van der Waals surface area contributed by atoms with Gasteiger partial charge in [-0.25, -0.2) is 9.18 Å². The molecule has 0 aromatic carbocycles. The Bertz CT molecular complexity index is 537. The Morgan fingerprint density at radius 2 is 1.88 bits per heavy atom. The molecular formula is C19H32FN3O2. The normalized spacial score (nSPS) is 13.4. The maximum Gasteiger partial charge on any atom is 0.408 e. The molecule has 2 N–H and O–H groups in total. The van der Waals surface area contributed by atoms with Crippen molar-refractivity contribution in [1.82, 2.24) is 15.6 Å². The molecule has 0 aliphatic rings. The lowest BCUT2D eigenvalue weighted by molar-refractivity contribution is 0.0444. The van der Waals surface area contributed by atoms with Crippen molar-refractivity contribution < 1.29 is 13.9 Å². The van der Waals surface area contributed by atoms with Crippen LogP contribution in [0.1, 0.15) is 72.5 Å². The maximum atomic E-state index is 13.1. The number of aromatic nitrogens is 1. The predicted octanol–water partition coefficient (Wildman–Crippen LogP) is 4.34. The van der Waals surface area contributed by atoms with Gasteiger partial charge in [0.15, 0.2) is 0 Å². The van der Waals surface area contributed by atoms with Crippen LogP contribution in [0.25, 0.3) is 0 Å². The van der Waals surface area contributed by atoms with Crippen molar-refractivity contribution in [2.24, 2.45) is 0 Å². The highest BCUT2D eigenvalue weighted by molar-refractivity contribution is 5.68. The molecule has 1 rings (SSSR count). The average molecular weight is 353 g/mol. The minimum atomic E-state index is -0.533. The Morgan fingerprint density at radius 1 is 1.24 bits per heavy atom. The number of nitrogens with zero attached hydrogens (tertiary/aromatic N) is 1. The van der Waals surface area contributed by atoms with Crippen molar-refractivity contribution in [2.75, 3.05) is 6.54 Å². The minimum absolute atomic E-state index is 0.00138. The first-order chi connectivity index (χ1) is 11.6. The molecule has 0 aliphatic carbocycles. The van der Waals surface area contributed by atoms with Crippen molar-refractivity contribution in [3.05, 3.63) is 29.8 Å². The molecule has 1 heterocycles. The zero-order valence-electron chi connectivity index (χ0n) is 16.3. The van der Waals surface area contributed by atoms with Crippen molar-refractivity contribution in [1.29, 1.82) is 0 Å². The van der Waals surface area contributed by atoms with E-state index in [0.717, 1.165) is 25.0 Å². The number of ether oxygens (including phenoxy) is 1. The number of pyridine rings is 1. The Labute approximate surface area is 150 Å². The van der Waals surface area contributed by atoms with Crippen LogP contribution in [0.4, 0.5) is 9.18 Å². The second-order valence-electron chi connectivity index (χ2n) is 7.36. The highest BCUT2D eigenvalue weighted by Gasteiger charge is 2.31. The number of nitrogens with one attached hydrogen (secondary N) is 2. The van der Waals surface area contributed by atoms with Gasteiger partial charge in [-0.05, 0) is 52.2 Å². The van der Waals surface area contributed by atoms with Crippen molar-refractivity contribution in [3.8, 4) is 0 Å². The van der Waals surface area contributed by atoms with Crippen LogP contribution in [0.3, 0.4) is 0 Å². The van der Waals surface area contributed by atoms with E-state index in [1.54, 1.807) is 6.07 Å². The van der Waals surface area contributed by atoms with Gasteiger partial charge in [0.1, 0.15) is 11.4 Å². The molecular weight excluding hydrogens is 321 g/mol. The average Bonchev–Trinajstić information content (AvgIpc) is 2.54. The Kier molecular flexibility index (Phi) is 7.80. The van der Waals surface area contributed by atoms with Crippen LogP contribution in [0, 0.1) is 5.82 Å². The van der Waals surface area contributed by atoms with Gasteiger partial charge in [0.05, 0.1) is 17.4 Å². The molecule has 0 saturated heterocycles. The van der Waals surface area contributed by atoms with Gasteiger partial charge in [-0.1, -0.05) is 20.8 Å². The molecule has 1 aromatic rings. The molecule has 25 heavy (non-hydrogen) atoms. The van der Waals surface area contributed by atoms with Crippen LogP contribution >= 0.6 is 0 Å². The van der Waals surface area contributed by atoms with Gasteiger partial charge in [0, 0.05) is 12.6 Å². The fourth-order valence-corrected chi connectivity index (χ4v) is 2.61. The molecule has 0 radical (unpaired) electrons. The standard InChI is InChI=1S/C19H32FN3O2/c1-7-15(16-11-10-14(20)12-21-16)22-13-19(8-2,9-3)23-17(24)25-18(4,5)6/h10-12,15,22H,7-9,13H2,1-6H3,(H,23,24). The molecule has 1 aromatic heterocycles. The quantitative estimate of drug-likeness (QED) is 0.729. The maximum absolute atomic E-state index is 13.1. The molecule has 0 fully saturated rings. The van der Waals surface area contributed by atoms with E-state index < -0.39 is 17.2 Å². The zero-order chi connectivity index (χ0) is 19.1. The van der Waals surface area contributed by atoms with E-state index in [2.05, 4.69) is 15.6 Å². The molecule has 1 amide bonds. The second kappa shape index (κ2) is 9.13. The van der Waals surface area contributed by atoms with Gasteiger partial charge >= 0.3 is 6.09 Å². The predicted molar refractivity (Wildman–Crippen MR) is 97.9 cm³/mol. The van der Waals surface area contributed by atoms with Crippen molar-refractivity contribution in [3.63, 3.8) is 0 Å². The molecule has 5 nitrogen and oxygen atoms in total. The Morgan fingerprint density at radius 3 is 2.32 bits per heavy atom. The Hall–Kier alpha value is -1.69. The molecule has 0 saturated carbocycles. The lowest BCUT2D eigenvalue weighted by Gasteiger charge is -2.35. The highest BCUT2D eigenvalue weighted by Crippen LogP contribution is 2.20. The van der Waals surface area contributed by atoms with E-state index in [0.29, 0.717) is 6.54 Å². The third-order valence-corrected chi connectivity index (χ3v) is 4.32. The van der Waals surface area contributed by atoms with E-state index in [4.69, 9.17) is 4.74 Å². The van der Waals surface area contributed by atoms with Gasteiger partial charge in [-0.2, -0.15) is 0 Å². The molecule has 0 bridgehead atoms. The van der Waals surface area contributed by atoms with Crippen molar-refractivity contribution >= 4 is 6.09 Å². The van der Waals surface area contributed by atoms with Crippen LogP contribution in [0.5, 0.6) is 0 Å². The van der Waals surface area contributed by atoms with Gasteiger partial charge in [0.2, 0.25) is 0 Å². The summed E-state index contributed by atoms with van der Waals surface area (Å²) in [7, 11) is 0. The second-order valence-corrected chi connectivity index (χ2v) is 7.36. The number of halogens is 1. The summed E-state index contributed by atoms with van der Waals surface area (Å²) >= 11 is 0. The smallest absolute Gasteiger partial charge is 0.408 e. The molecule has 0 spiro atoms. The summed E-state index contributed by atoms with van der Waals surface area (Å²) in [5.41, 5.74) is -0.146. The van der Waals surface area contributed by atoms with E-state index >= 15 is 0 Å². The van der Waals surface area contributed by atoms with Gasteiger partial charge < -0.3 is 15.4 Å². The molecule has 1 atom stereocenters. The first-order valence-corrected chi connectivity index (χ1v) is 9.00. The number of carbonyl (C=O) groups is 1. The van der Waals surface area contributed by atoms with Gasteiger partial charge in [-0.3, -0.25) is 4.98 Å². The summed E-state index contributed by atoms with van der Waals surface area (Å²) in [5.74, 6) is -0.346. The lowest BCUT2D eigenvalue weighted by Crippen LogP contribution is -2.55. The number of hydrogen-bond donors (Lipinski definition) is 2. The van der Waals surface area contributed by atoms with Crippen LogP contribution < -0.4 is 10.6 Å². The highest BCUT2D eigenvalue weighted by atomic mass is 19.1. The van der Waals surface area contributed by atoms with Gasteiger partial charge in [-0.15, -0.1) is 0 Å². The van der Waals surface area contributed by atoms with E-state index in [1.165, 1.54) is 12.3 Å². The van der Waals surface area contributed by atoms with Crippen LogP contribution in [0.15, 0.2) is 18.3 Å². The molecule has 0 aliphatic heterocycles. The number of amides is 1. The van der Waals surface area contributed by atoms with E-state index in [1.807, 2.05) is 41.5 Å².